The lowest BCUT2D eigenvalue weighted by Gasteiger charge is -2.42. The van der Waals surface area contributed by atoms with E-state index in [0.29, 0.717) is 6.54 Å². The van der Waals surface area contributed by atoms with E-state index in [9.17, 15) is 9.59 Å². The molecule has 1 aromatic carbocycles. The molecule has 3 aliphatic rings. The highest BCUT2D eigenvalue weighted by Gasteiger charge is 2.39. The van der Waals surface area contributed by atoms with Crippen molar-refractivity contribution < 1.29 is 9.59 Å². The Morgan fingerprint density at radius 1 is 0.966 bits per heavy atom. The van der Waals surface area contributed by atoms with Crippen molar-refractivity contribution in [3.05, 3.63) is 24.3 Å². The number of hydrogen-bond acceptors (Lipinski definition) is 5. The normalized spacial score (nSPS) is 23.4. The number of rotatable bonds is 6. The first-order chi connectivity index (χ1) is 14.1. The van der Waals surface area contributed by atoms with Gasteiger partial charge in [0.15, 0.2) is 0 Å². The molecule has 0 aromatic heterocycles. The third-order valence-electron chi connectivity index (χ3n) is 6.51. The molecule has 0 spiro atoms. The van der Waals surface area contributed by atoms with E-state index in [1.807, 2.05) is 23.1 Å². The van der Waals surface area contributed by atoms with E-state index < -0.39 is 0 Å². The number of fused-ring (bicyclic) bond motifs is 1. The minimum Gasteiger partial charge on any atom is -0.399 e. The van der Waals surface area contributed by atoms with E-state index in [4.69, 9.17) is 5.73 Å². The molecule has 3 aliphatic heterocycles. The minimum absolute atomic E-state index is 0.131. The summed E-state index contributed by atoms with van der Waals surface area (Å²) in [6, 6.07) is 7.91. The molecule has 7 heteroatoms. The van der Waals surface area contributed by atoms with Crippen molar-refractivity contribution in [2.24, 2.45) is 0 Å². The highest BCUT2D eigenvalue weighted by molar-refractivity contribution is 5.95. The van der Waals surface area contributed by atoms with Crippen LogP contribution in [-0.4, -0.2) is 84.9 Å². The number of unbranched alkanes of at least 4 members (excludes halogenated alkanes) is 1. The van der Waals surface area contributed by atoms with E-state index in [0.717, 1.165) is 77.1 Å². The number of nitrogens with zero attached hydrogens (tertiary/aromatic N) is 4. The van der Waals surface area contributed by atoms with E-state index in [2.05, 4.69) is 15.9 Å². The summed E-state index contributed by atoms with van der Waals surface area (Å²) in [4.78, 5) is 33.5. The molecule has 4 rings (SSSR count). The molecule has 1 atom stereocenters. The maximum absolute atomic E-state index is 12.7. The summed E-state index contributed by atoms with van der Waals surface area (Å²) in [5.41, 5.74) is 7.92. The van der Waals surface area contributed by atoms with Crippen molar-refractivity contribution in [2.45, 2.75) is 38.1 Å². The number of piperazine rings is 2. The van der Waals surface area contributed by atoms with Crippen LogP contribution < -0.4 is 10.6 Å². The van der Waals surface area contributed by atoms with Crippen LogP contribution in [0.2, 0.25) is 0 Å². The molecular formula is C22H33N5O2. The maximum atomic E-state index is 12.7. The monoisotopic (exact) mass is 399 g/mol. The number of carbonyl (C=O) groups excluding carboxylic acids is 2. The van der Waals surface area contributed by atoms with Crippen LogP contribution in [0.15, 0.2) is 24.3 Å². The van der Waals surface area contributed by atoms with Crippen LogP contribution in [0.5, 0.6) is 0 Å². The first kappa shape index (κ1) is 20.0. The molecule has 2 amide bonds. The van der Waals surface area contributed by atoms with Crippen LogP contribution >= 0.6 is 0 Å². The first-order valence-corrected chi connectivity index (χ1v) is 11.0. The summed E-state index contributed by atoms with van der Waals surface area (Å²) in [6.45, 7) is 6.91. The van der Waals surface area contributed by atoms with Gasteiger partial charge in [-0.1, -0.05) is 6.07 Å². The van der Waals surface area contributed by atoms with Gasteiger partial charge in [-0.25, -0.2) is 0 Å². The Hall–Kier alpha value is -2.28. The molecule has 3 heterocycles. The molecule has 0 aliphatic carbocycles. The van der Waals surface area contributed by atoms with Gasteiger partial charge in [-0.15, -0.1) is 0 Å². The number of anilines is 2. The van der Waals surface area contributed by atoms with Crippen LogP contribution in [0.25, 0.3) is 0 Å². The number of nitrogen functional groups attached to an aromatic ring is 1. The zero-order valence-electron chi connectivity index (χ0n) is 17.3. The van der Waals surface area contributed by atoms with Gasteiger partial charge in [-0.2, -0.15) is 0 Å². The lowest BCUT2D eigenvalue weighted by Crippen LogP contribution is -2.61. The van der Waals surface area contributed by atoms with Gasteiger partial charge in [-0.3, -0.25) is 14.5 Å². The van der Waals surface area contributed by atoms with Gasteiger partial charge in [0, 0.05) is 50.6 Å². The van der Waals surface area contributed by atoms with Gasteiger partial charge in [0.1, 0.15) is 6.04 Å². The lowest BCUT2D eigenvalue weighted by atomic mass is 9.98. The number of benzene rings is 1. The molecular weight excluding hydrogens is 366 g/mol. The van der Waals surface area contributed by atoms with Crippen molar-refractivity contribution in [2.75, 3.05) is 63.0 Å². The number of hydrogen-bond donors (Lipinski definition) is 1. The summed E-state index contributed by atoms with van der Waals surface area (Å²) in [5.74, 6) is 0.298. The zero-order chi connectivity index (χ0) is 20.2. The summed E-state index contributed by atoms with van der Waals surface area (Å²) < 4.78 is 0. The molecule has 3 saturated heterocycles. The van der Waals surface area contributed by atoms with E-state index >= 15 is 0 Å². The second kappa shape index (κ2) is 9.03. The molecule has 29 heavy (non-hydrogen) atoms. The number of carbonyl (C=O) groups is 2. The Morgan fingerprint density at radius 2 is 1.76 bits per heavy atom. The summed E-state index contributed by atoms with van der Waals surface area (Å²) in [7, 11) is 0. The van der Waals surface area contributed by atoms with Gasteiger partial charge in [0.05, 0.1) is 6.54 Å². The molecule has 1 unspecified atom stereocenters. The number of nitrogens with two attached hydrogens (primary N) is 1. The summed E-state index contributed by atoms with van der Waals surface area (Å²) in [6.07, 6.45) is 4.93. The van der Waals surface area contributed by atoms with Crippen LogP contribution in [0.4, 0.5) is 11.4 Å². The molecule has 1 aromatic rings. The van der Waals surface area contributed by atoms with Crippen LogP contribution in [0.3, 0.4) is 0 Å². The first-order valence-electron chi connectivity index (χ1n) is 11.0. The van der Waals surface area contributed by atoms with Crippen molar-refractivity contribution in [1.82, 2.24) is 14.7 Å². The molecule has 0 saturated carbocycles. The highest BCUT2D eigenvalue weighted by atomic mass is 16.2. The SMILES string of the molecule is Nc1cccc(N2CCN(CCCCN3CC(=O)N4CCCCC4C3=O)CC2)c1. The van der Waals surface area contributed by atoms with Crippen molar-refractivity contribution in [3.63, 3.8) is 0 Å². The Bertz CT molecular complexity index is 732. The van der Waals surface area contributed by atoms with Crippen LogP contribution in [-0.2, 0) is 9.59 Å². The summed E-state index contributed by atoms with van der Waals surface area (Å²) in [5, 5.41) is 0. The Morgan fingerprint density at radius 3 is 2.55 bits per heavy atom. The van der Waals surface area contributed by atoms with E-state index in [-0.39, 0.29) is 24.4 Å². The van der Waals surface area contributed by atoms with Crippen LogP contribution in [0, 0.1) is 0 Å². The molecule has 0 bridgehead atoms. The second-order valence-corrected chi connectivity index (χ2v) is 8.49. The quantitative estimate of drug-likeness (QED) is 0.578. The van der Waals surface area contributed by atoms with Gasteiger partial charge < -0.3 is 20.4 Å². The summed E-state index contributed by atoms with van der Waals surface area (Å²) >= 11 is 0. The highest BCUT2D eigenvalue weighted by Crippen LogP contribution is 2.23. The Kier molecular flexibility index (Phi) is 6.23. The number of amides is 2. The van der Waals surface area contributed by atoms with Gasteiger partial charge in [0.2, 0.25) is 11.8 Å². The van der Waals surface area contributed by atoms with E-state index in [1.165, 1.54) is 5.69 Å². The zero-order valence-corrected chi connectivity index (χ0v) is 17.3. The average Bonchev–Trinajstić information content (AvgIpc) is 2.75. The lowest BCUT2D eigenvalue weighted by molar-refractivity contribution is -0.157. The fourth-order valence-corrected chi connectivity index (χ4v) is 4.81. The van der Waals surface area contributed by atoms with E-state index in [1.54, 1.807) is 4.90 Å². The molecule has 158 valence electrons. The standard InChI is InChI=1S/C22H33N5O2/c23-18-6-5-7-19(16-18)25-14-12-24(13-15-25)9-3-4-10-26-17-21(28)27-11-2-1-8-20(27)22(26)29/h5-7,16,20H,1-4,8-15,17,23H2. The van der Waals surface area contributed by atoms with Crippen molar-refractivity contribution in [3.8, 4) is 0 Å². The molecule has 2 N–H and O–H groups in total. The van der Waals surface area contributed by atoms with Crippen molar-refractivity contribution in [1.29, 1.82) is 0 Å². The Balaban J connectivity index is 1.17. The smallest absolute Gasteiger partial charge is 0.245 e. The van der Waals surface area contributed by atoms with Gasteiger partial charge in [0.25, 0.3) is 0 Å². The maximum Gasteiger partial charge on any atom is 0.245 e. The topological polar surface area (TPSA) is 73.1 Å². The fourth-order valence-electron chi connectivity index (χ4n) is 4.81. The molecule has 7 nitrogen and oxygen atoms in total. The average molecular weight is 400 g/mol. The minimum atomic E-state index is -0.190. The second-order valence-electron chi connectivity index (χ2n) is 8.49. The largest absolute Gasteiger partial charge is 0.399 e. The molecule has 0 radical (unpaired) electrons. The van der Waals surface area contributed by atoms with Gasteiger partial charge in [-0.05, 0) is 56.8 Å². The van der Waals surface area contributed by atoms with Gasteiger partial charge >= 0.3 is 0 Å². The predicted molar refractivity (Wildman–Crippen MR) is 115 cm³/mol. The number of piperidine rings is 1. The Labute approximate surface area is 173 Å². The third kappa shape index (κ3) is 4.66. The van der Waals surface area contributed by atoms with Crippen molar-refractivity contribution >= 4 is 23.2 Å². The third-order valence-corrected chi connectivity index (χ3v) is 6.51. The molecule has 3 fully saturated rings. The van der Waals surface area contributed by atoms with Crippen LogP contribution in [0.1, 0.15) is 32.1 Å². The fraction of sp³-hybridized carbons (Fsp3) is 0.636. The predicted octanol–water partition coefficient (Wildman–Crippen LogP) is 1.39.